The minimum Gasteiger partial charge on any atom is -0.391 e. The molecule has 162 valence electrons. The number of benzene rings is 2. The predicted molar refractivity (Wildman–Crippen MR) is 104 cm³/mol. The molecule has 4 rings (SSSR count). The summed E-state index contributed by atoms with van der Waals surface area (Å²) in [7, 11) is 0. The summed E-state index contributed by atoms with van der Waals surface area (Å²) in [5.74, 6) is -3.10. The Morgan fingerprint density at radius 1 is 1.19 bits per heavy atom. The number of anilines is 1. The number of ketones is 1. The lowest BCUT2D eigenvalue weighted by atomic mass is 9.88. The Bertz CT molecular complexity index is 1100. The van der Waals surface area contributed by atoms with Gasteiger partial charge in [0.05, 0.1) is 11.3 Å². The van der Waals surface area contributed by atoms with E-state index in [1.54, 1.807) is 25.1 Å². The van der Waals surface area contributed by atoms with E-state index in [1.807, 2.05) is 0 Å². The van der Waals surface area contributed by atoms with Gasteiger partial charge in [0.2, 0.25) is 5.78 Å². The molecule has 0 unspecified atom stereocenters. The van der Waals surface area contributed by atoms with Crippen LogP contribution in [0.15, 0.2) is 41.6 Å². The van der Waals surface area contributed by atoms with Crippen molar-refractivity contribution < 1.29 is 32.0 Å². The van der Waals surface area contributed by atoms with Gasteiger partial charge >= 0.3 is 6.18 Å². The van der Waals surface area contributed by atoms with Crippen LogP contribution in [0.4, 0.5) is 23.2 Å². The number of oxime groups is 1. The van der Waals surface area contributed by atoms with Crippen LogP contribution >= 0.6 is 0 Å². The summed E-state index contributed by atoms with van der Waals surface area (Å²) < 4.78 is 53.6. The first-order chi connectivity index (χ1) is 14.6. The predicted octanol–water partition coefficient (Wildman–Crippen LogP) is 4.73. The number of hydrogen-bond donors (Lipinski definition) is 1. The number of alkyl halides is 3. The number of carbonyl (C=O) groups is 2. The second kappa shape index (κ2) is 7.47. The van der Waals surface area contributed by atoms with Crippen molar-refractivity contribution in [2.75, 3.05) is 5.32 Å². The molecule has 2 aromatic rings. The molecule has 1 heterocycles. The molecule has 2 aromatic carbocycles. The van der Waals surface area contributed by atoms with Gasteiger partial charge in [-0.05, 0) is 43.5 Å². The maximum absolute atomic E-state index is 14.5. The fraction of sp³-hybridized carbons (Fsp3) is 0.318. The van der Waals surface area contributed by atoms with Crippen molar-refractivity contribution in [3.8, 4) is 0 Å². The second-order valence-corrected chi connectivity index (χ2v) is 7.82. The first-order valence-corrected chi connectivity index (χ1v) is 9.61. The number of halogens is 4. The first-order valence-electron chi connectivity index (χ1n) is 9.61. The van der Waals surface area contributed by atoms with Gasteiger partial charge in [0.1, 0.15) is 12.4 Å². The van der Waals surface area contributed by atoms with Crippen molar-refractivity contribution >= 4 is 23.1 Å². The Labute approximate surface area is 175 Å². The highest BCUT2D eigenvalue weighted by Crippen LogP contribution is 2.53. The molecule has 0 bridgehead atoms. The summed E-state index contributed by atoms with van der Waals surface area (Å²) in [6.07, 6.45) is -4.54. The molecule has 1 saturated carbocycles. The molecule has 0 saturated heterocycles. The van der Waals surface area contributed by atoms with Gasteiger partial charge in [0.15, 0.2) is 0 Å². The summed E-state index contributed by atoms with van der Waals surface area (Å²) >= 11 is 0. The fourth-order valence-corrected chi connectivity index (χ4v) is 3.81. The lowest BCUT2D eigenvalue weighted by Crippen LogP contribution is -2.27. The Morgan fingerprint density at radius 2 is 1.94 bits per heavy atom. The topological polar surface area (TPSA) is 67.8 Å². The van der Waals surface area contributed by atoms with Gasteiger partial charge in [-0.3, -0.25) is 9.59 Å². The third-order valence-corrected chi connectivity index (χ3v) is 5.66. The molecule has 0 aromatic heterocycles. The standard InChI is InChI=1S/C22H18F4N2O3/c1-12-15-9-14(6-5-13(15)11-31-28-12)27-20(30)18(29)10-21(7-8-21)16-3-2-4-17(19(16)23)22(24,25)26/h2-6,9H,7-8,10-11H2,1H3,(H,27,30). The van der Waals surface area contributed by atoms with Crippen LogP contribution in [-0.4, -0.2) is 17.4 Å². The molecule has 1 fully saturated rings. The number of carbonyl (C=O) groups excluding carboxylic acids is 2. The van der Waals surface area contributed by atoms with E-state index >= 15 is 0 Å². The molecule has 1 aliphatic heterocycles. The van der Waals surface area contributed by atoms with Crippen molar-refractivity contribution in [2.45, 2.75) is 44.4 Å². The van der Waals surface area contributed by atoms with Crippen LogP contribution in [0.25, 0.3) is 0 Å². The Morgan fingerprint density at radius 3 is 2.61 bits per heavy atom. The van der Waals surface area contributed by atoms with Gasteiger partial charge < -0.3 is 10.2 Å². The number of amides is 1. The van der Waals surface area contributed by atoms with E-state index in [4.69, 9.17) is 4.84 Å². The van der Waals surface area contributed by atoms with Gasteiger partial charge in [-0.2, -0.15) is 13.2 Å². The summed E-state index contributed by atoms with van der Waals surface area (Å²) in [4.78, 5) is 30.0. The third kappa shape index (κ3) is 4.04. The minimum absolute atomic E-state index is 0.177. The first kappa shape index (κ1) is 21.0. The Hall–Kier alpha value is -3.23. The van der Waals surface area contributed by atoms with Crippen LogP contribution in [0, 0.1) is 5.82 Å². The van der Waals surface area contributed by atoms with Crippen LogP contribution in [0.3, 0.4) is 0 Å². The zero-order valence-electron chi connectivity index (χ0n) is 16.5. The second-order valence-electron chi connectivity index (χ2n) is 7.82. The quantitative estimate of drug-likeness (QED) is 0.547. The van der Waals surface area contributed by atoms with Crippen LogP contribution in [-0.2, 0) is 32.6 Å². The molecule has 0 atom stereocenters. The average molecular weight is 434 g/mol. The van der Waals surface area contributed by atoms with Gasteiger partial charge in [0, 0.05) is 28.7 Å². The number of fused-ring (bicyclic) bond motifs is 1. The van der Waals surface area contributed by atoms with Crippen molar-refractivity contribution in [1.82, 2.24) is 0 Å². The lowest BCUT2D eigenvalue weighted by Gasteiger charge is -2.19. The van der Waals surface area contributed by atoms with E-state index in [2.05, 4.69) is 10.5 Å². The Kier molecular flexibility index (Phi) is 5.07. The number of nitrogens with one attached hydrogen (secondary N) is 1. The molecular weight excluding hydrogens is 416 g/mol. The summed E-state index contributed by atoms with van der Waals surface area (Å²) in [6, 6.07) is 8.05. The lowest BCUT2D eigenvalue weighted by molar-refractivity contribution is -0.140. The number of rotatable bonds is 5. The maximum atomic E-state index is 14.5. The summed E-state index contributed by atoms with van der Waals surface area (Å²) in [6.45, 7) is 2.04. The molecular formula is C22H18F4N2O3. The average Bonchev–Trinajstić information content (AvgIpc) is 3.48. The number of nitrogens with zero attached hydrogens (tertiary/aromatic N) is 1. The maximum Gasteiger partial charge on any atom is 0.419 e. The molecule has 1 N–H and O–H groups in total. The molecule has 31 heavy (non-hydrogen) atoms. The third-order valence-electron chi connectivity index (χ3n) is 5.66. The molecule has 1 amide bonds. The van der Waals surface area contributed by atoms with E-state index in [9.17, 15) is 27.2 Å². The van der Waals surface area contributed by atoms with E-state index in [0.717, 1.165) is 17.2 Å². The van der Waals surface area contributed by atoms with Crippen LogP contribution < -0.4 is 5.32 Å². The SMILES string of the molecule is CC1=NOCc2ccc(NC(=O)C(=O)CC3(c4cccc(C(F)(F)F)c4F)CC3)cc21. The zero-order chi connectivity index (χ0) is 22.4. The van der Waals surface area contributed by atoms with Gasteiger partial charge in [-0.1, -0.05) is 23.4 Å². The molecule has 1 aliphatic carbocycles. The summed E-state index contributed by atoms with van der Waals surface area (Å²) in [5.41, 5.74) is 0.0301. The highest BCUT2D eigenvalue weighted by Gasteiger charge is 2.50. The van der Waals surface area contributed by atoms with Crippen LogP contribution in [0.1, 0.15) is 48.4 Å². The van der Waals surface area contributed by atoms with Crippen molar-refractivity contribution in [3.05, 3.63) is 64.5 Å². The van der Waals surface area contributed by atoms with Gasteiger partial charge in [-0.25, -0.2) is 4.39 Å². The van der Waals surface area contributed by atoms with Gasteiger partial charge in [0.25, 0.3) is 5.91 Å². The van der Waals surface area contributed by atoms with Crippen molar-refractivity contribution in [1.29, 1.82) is 0 Å². The van der Waals surface area contributed by atoms with E-state index in [0.29, 0.717) is 36.9 Å². The van der Waals surface area contributed by atoms with E-state index in [-0.39, 0.29) is 12.0 Å². The van der Waals surface area contributed by atoms with Crippen molar-refractivity contribution in [2.24, 2.45) is 5.16 Å². The fourth-order valence-electron chi connectivity index (χ4n) is 3.81. The van der Waals surface area contributed by atoms with Crippen LogP contribution in [0.2, 0.25) is 0 Å². The molecule has 2 aliphatic rings. The highest BCUT2D eigenvalue weighted by atomic mass is 19.4. The van der Waals surface area contributed by atoms with Crippen LogP contribution in [0.5, 0.6) is 0 Å². The monoisotopic (exact) mass is 434 g/mol. The largest absolute Gasteiger partial charge is 0.419 e. The zero-order valence-corrected chi connectivity index (χ0v) is 16.5. The molecule has 5 nitrogen and oxygen atoms in total. The van der Waals surface area contributed by atoms with Gasteiger partial charge in [-0.15, -0.1) is 0 Å². The summed E-state index contributed by atoms with van der Waals surface area (Å²) in [5, 5.41) is 6.38. The molecule has 0 radical (unpaired) electrons. The number of hydrogen-bond acceptors (Lipinski definition) is 4. The molecule has 0 spiro atoms. The van der Waals surface area contributed by atoms with Crippen molar-refractivity contribution in [3.63, 3.8) is 0 Å². The number of Topliss-reactive ketones (excluding diaryl/α,β-unsaturated/α-hetero) is 1. The Balaban J connectivity index is 1.50. The highest BCUT2D eigenvalue weighted by molar-refractivity contribution is 6.41. The smallest absolute Gasteiger partial charge is 0.391 e. The molecule has 9 heteroatoms. The van der Waals surface area contributed by atoms with E-state index < -0.39 is 34.7 Å². The van der Waals surface area contributed by atoms with E-state index in [1.165, 1.54) is 6.07 Å². The normalized spacial score (nSPS) is 16.6. The minimum atomic E-state index is -4.84.